The summed E-state index contributed by atoms with van der Waals surface area (Å²) in [6.07, 6.45) is 9.01. The Bertz CT molecular complexity index is 1510. The summed E-state index contributed by atoms with van der Waals surface area (Å²) in [4.78, 5) is 7.41. The number of rotatable bonds is 8. The molecule has 0 saturated carbocycles. The van der Waals surface area contributed by atoms with Crippen molar-refractivity contribution < 1.29 is 21.9 Å². The van der Waals surface area contributed by atoms with Crippen LogP contribution in [0.5, 0.6) is 5.75 Å². The number of aromatic nitrogens is 3. The average Bonchev–Trinajstić information content (AvgIpc) is 3.59. The molecule has 37 heavy (non-hydrogen) atoms. The largest absolute Gasteiger partial charge is 0.491 e. The normalized spacial score (nSPS) is 17.9. The Kier molecular flexibility index (Phi) is 7.27. The lowest BCUT2D eigenvalue weighted by atomic mass is 9.80. The summed E-state index contributed by atoms with van der Waals surface area (Å²) in [6.45, 7) is 0.119. The zero-order chi connectivity index (χ0) is 26.0. The predicted octanol–water partition coefficient (Wildman–Crippen LogP) is 6.19. The molecule has 192 valence electrons. The second kappa shape index (κ2) is 10.6. The second-order valence-electron chi connectivity index (χ2n) is 8.43. The maximum atomic E-state index is 15.0. The third-order valence-corrected chi connectivity index (χ3v) is 8.39. The fraction of sp³-hybridized carbons (Fsp3) is 0.200. The van der Waals surface area contributed by atoms with E-state index in [0.717, 1.165) is 36.1 Å². The molecule has 5 rings (SSSR count). The van der Waals surface area contributed by atoms with Gasteiger partial charge in [0.2, 0.25) is 0 Å². The molecule has 0 saturated heterocycles. The first-order valence-corrected chi connectivity index (χ1v) is 14.1. The van der Waals surface area contributed by atoms with Crippen molar-refractivity contribution in [3.63, 3.8) is 0 Å². The molecule has 0 bridgehead atoms. The number of thiazole rings is 1. The minimum atomic E-state index is -4.25. The lowest BCUT2D eigenvalue weighted by Gasteiger charge is -2.34. The Morgan fingerprint density at radius 2 is 2.03 bits per heavy atom. The van der Waals surface area contributed by atoms with Gasteiger partial charge in [0.25, 0.3) is 10.0 Å². The highest BCUT2D eigenvalue weighted by Gasteiger charge is 2.31. The van der Waals surface area contributed by atoms with Crippen LogP contribution in [0.15, 0.2) is 77.0 Å². The highest BCUT2D eigenvalue weighted by atomic mass is 35.5. The summed E-state index contributed by atoms with van der Waals surface area (Å²) < 4.78 is 64.1. The van der Waals surface area contributed by atoms with Gasteiger partial charge in [-0.2, -0.15) is 0 Å². The lowest BCUT2D eigenvalue weighted by Crippen LogP contribution is -2.28. The number of halogens is 3. The molecule has 4 aromatic rings. The van der Waals surface area contributed by atoms with Gasteiger partial charge in [-0.1, -0.05) is 29.8 Å². The Labute approximate surface area is 221 Å². The van der Waals surface area contributed by atoms with Gasteiger partial charge in [0.15, 0.2) is 5.82 Å². The van der Waals surface area contributed by atoms with E-state index in [-0.39, 0.29) is 41.0 Å². The van der Waals surface area contributed by atoms with Gasteiger partial charge >= 0.3 is 0 Å². The number of anilines is 1. The number of benzene rings is 2. The maximum Gasteiger partial charge on any atom is 0.266 e. The van der Waals surface area contributed by atoms with E-state index in [9.17, 15) is 17.2 Å². The number of nitrogens with zero attached hydrogens (tertiary/aromatic N) is 3. The summed E-state index contributed by atoms with van der Waals surface area (Å²) in [5.41, 5.74) is 3.27. The molecular formula is C25H21ClF2N4O3S2. The molecule has 1 aliphatic rings. The molecule has 7 nitrogen and oxygen atoms in total. The highest BCUT2D eigenvalue weighted by molar-refractivity contribution is 7.92. The minimum Gasteiger partial charge on any atom is -0.491 e. The molecule has 1 unspecified atom stereocenters. The van der Waals surface area contributed by atoms with Gasteiger partial charge in [0, 0.05) is 35.8 Å². The van der Waals surface area contributed by atoms with Gasteiger partial charge in [-0.05, 0) is 42.2 Å². The zero-order valence-corrected chi connectivity index (χ0v) is 21.6. The second-order valence-corrected chi connectivity index (χ2v) is 11.2. The molecule has 1 aliphatic carbocycles. The van der Waals surface area contributed by atoms with Crippen molar-refractivity contribution in [2.75, 3.05) is 11.3 Å². The molecule has 12 heteroatoms. The van der Waals surface area contributed by atoms with E-state index >= 15 is 0 Å². The standard InChI is InChI=1S/C25H21ClF2N4O3S2/c26-20-10-24(37(33,34)31-25-13-36-15-30-25)21(28)11-23(20)35-12-19-18(16-4-6-17(27)7-5-16)2-1-3-22(19)32-9-8-29-14-32/h2,4-11,13-15,19,22,31H,1,3,12H2/t19?,22-/m1/s1. The third kappa shape index (κ3) is 5.53. The molecule has 0 fully saturated rings. The van der Waals surface area contributed by atoms with Crippen molar-refractivity contribution in [3.05, 3.63) is 94.3 Å². The molecule has 1 N–H and O–H groups in total. The average molecular weight is 563 g/mol. The Morgan fingerprint density at radius 3 is 2.73 bits per heavy atom. The van der Waals surface area contributed by atoms with E-state index in [1.807, 2.05) is 10.8 Å². The predicted molar refractivity (Wildman–Crippen MR) is 138 cm³/mol. The number of hydrogen-bond donors (Lipinski definition) is 1. The third-order valence-electron chi connectivity index (χ3n) is 6.14. The zero-order valence-electron chi connectivity index (χ0n) is 19.2. The summed E-state index contributed by atoms with van der Waals surface area (Å²) in [5, 5.41) is 1.43. The molecule has 0 amide bonds. The van der Waals surface area contributed by atoms with E-state index in [0.29, 0.717) is 0 Å². The smallest absolute Gasteiger partial charge is 0.266 e. The molecule has 0 aliphatic heterocycles. The quantitative estimate of drug-likeness (QED) is 0.277. The summed E-state index contributed by atoms with van der Waals surface area (Å²) in [5.74, 6) is -1.43. The van der Waals surface area contributed by atoms with Crippen LogP contribution in [0.25, 0.3) is 5.57 Å². The van der Waals surface area contributed by atoms with Crippen LogP contribution in [0.3, 0.4) is 0 Å². The lowest BCUT2D eigenvalue weighted by molar-refractivity contribution is 0.222. The fourth-order valence-corrected chi connectivity index (χ4v) is 6.36. The Balaban J connectivity index is 1.42. The first-order chi connectivity index (χ1) is 17.8. The van der Waals surface area contributed by atoms with Gasteiger partial charge < -0.3 is 9.30 Å². The number of imidazole rings is 1. The minimum absolute atomic E-state index is 0.0141. The van der Waals surface area contributed by atoms with Crippen LogP contribution in [-0.2, 0) is 10.0 Å². The van der Waals surface area contributed by atoms with Gasteiger partial charge in [0.05, 0.1) is 23.5 Å². The van der Waals surface area contributed by atoms with Gasteiger partial charge in [-0.3, -0.25) is 4.72 Å². The van der Waals surface area contributed by atoms with Crippen LogP contribution in [0.1, 0.15) is 24.4 Å². The molecule has 0 spiro atoms. The Morgan fingerprint density at radius 1 is 1.22 bits per heavy atom. The van der Waals surface area contributed by atoms with Crippen molar-refractivity contribution in [1.82, 2.24) is 14.5 Å². The summed E-state index contributed by atoms with van der Waals surface area (Å²) >= 11 is 7.54. The first kappa shape index (κ1) is 25.4. The maximum absolute atomic E-state index is 15.0. The van der Waals surface area contributed by atoms with Crippen LogP contribution < -0.4 is 9.46 Å². The van der Waals surface area contributed by atoms with E-state index in [1.165, 1.54) is 34.4 Å². The molecule has 0 radical (unpaired) electrons. The number of nitrogens with one attached hydrogen (secondary N) is 1. The number of hydrogen-bond acceptors (Lipinski definition) is 6. The number of allylic oxidation sites excluding steroid dienone is 1. The van der Waals surface area contributed by atoms with Crippen molar-refractivity contribution in [2.45, 2.75) is 23.8 Å². The molecule has 2 aromatic heterocycles. The van der Waals surface area contributed by atoms with Crippen molar-refractivity contribution in [1.29, 1.82) is 0 Å². The SMILES string of the molecule is O=S(=O)(Nc1cscn1)c1cc(Cl)c(OCC2C(c3ccc(F)cc3)=CCC[C@H]2n2ccnc2)cc1F. The van der Waals surface area contributed by atoms with Crippen molar-refractivity contribution in [3.8, 4) is 5.75 Å². The van der Waals surface area contributed by atoms with E-state index < -0.39 is 20.7 Å². The van der Waals surface area contributed by atoms with Crippen molar-refractivity contribution >= 4 is 44.4 Å². The monoisotopic (exact) mass is 562 g/mol. The van der Waals surface area contributed by atoms with E-state index in [4.69, 9.17) is 16.3 Å². The topological polar surface area (TPSA) is 86.1 Å². The van der Waals surface area contributed by atoms with Crippen LogP contribution in [-0.4, -0.2) is 29.6 Å². The molecule has 2 heterocycles. The molecule has 2 aromatic carbocycles. The number of ether oxygens (including phenoxy) is 1. The van der Waals surface area contributed by atoms with Crippen molar-refractivity contribution in [2.24, 2.45) is 5.92 Å². The Hall–Kier alpha value is -3.28. The van der Waals surface area contributed by atoms with E-state index in [1.54, 1.807) is 24.7 Å². The number of sulfonamides is 1. The van der Waals surface area contributed by atoms with Gasteiger partial charge in [-0.25, -0.2) is 27.2 Å². The van der Waals surface area contributed by atoms with Crippen LogP contribution in [0, 0.1) is 17.6 Å². The summed E-state index contributed by atoms with van der Waals surface area (Å²) in [7, 11) is -4.25. The highest BCUT2D eigenvalue weighted by Crippen LogP contribution is 2.41. The van der Waals surface area contributed by atoms with Gasteiger partial charge in [-0.15, -0.1) is 11.3 Å². The van der Waals surface area contributed by atoms with Crippen LogP contribution in [0.2, 0.25) is 5.02 Å². The van der Waals surface area contributed by atoms with Crippen LogP contribution >= 0.6 is 22.9 Å². The molecular weight excluding hydrogens is 542 g/mol. The van der Waals surface area contributed by atoms with Crippen LogP contribution in [0.4, 0.5) is 14.6 Å². The van der Waals surface area contributed by atoms with Gasteiger partial charge in [0.1, 0.15) is 22.3 Å². The van der Waals surface area contributed by atoms with E-state index in [2.05, 4.69) is 20.8 Å². The first-order valence-electron chi connectivity index (χ1n) is 11.3. The fourth-order valence-electron chi connectivity index (χ4n) is 4.43. The summed E-state index contributed by atoms with van der Waals surface area (Å²) in [6, 6.07) is 8.20. The molecule has 2 atom stereocenters.